The molecule has 2 rings (SSSR count). The Morgan fingerprint density at radius 3 is 2.69 bits per heavy atom. The van der Waals surface area contributed by atoms with Crippen molar-refractivity contribution < 1.29 is 4.42 Å². The van der Waals surface area contributed by atoms with E-state index in [0.29, 0.717) is 6.54 Å². The number of para-hydroxylation sites is 1. The van der Waals surface area contributed by atoms with Gasteiger partial charge >= 0.3 is 0 Å². The van der Waals surface area contributed by atoms with Crippen LogP contribution in [0.2, 0.25) is 0 Å². The van der Waals surface area contributed by atoms with E-state index in [1.165, 1.54) is 0 Å². The first kappa shape index (κ1) is 11.2. The monoisotopic (exact) mass is 218 g/mol. The van der Waals surface area contributed by atoms with E-state index >= 15 is 0 Å². The van der Waals surface area contributed by atoms with Crippen molar-refractivity contribution in [2.45, 2.75) is 19.9 Å². The molecule has 0 aliphatic rings. The Hall–Kier alpha value is -1.32. The zero-order valence-electron chi connectivity index (χ0n) is 9.73. The minimum atomic E-state index is -0.132. The molecule has 2 aromatic rings. The van der Waals surface area contributed by atoms with Crippen molar-refractivity contribution in [3.8, 4) is 0 Å². The second-order valence-corrected chi connectivity index (χ2v) is 4.86. The van der Waals surface area contributed by atoms with Gasteiger partial charge in [0.1, 0.15) is 5.58 Å². The average molecular weight is 218 g/mol. The summed E-state index contributed by atoms with van der Waals surface area (Å²) in [7, 11) is 0. The van der Waals surface area contributed by atoms with E-state index in [-0.39, 0.29) is 11.5 Å². The van der Waals surface area contributed by atoms with Crippen LogP contribution in [0.15, 0.2) is 34.9 Å². The second-order valence-electron chi connectivity index (χ2n) is 4.86. The van der Waals surface area contributed by atoms with Crippen molar-refractivity contribution in [2.75, 3.05) is 6.54 Å². The lowest BCUT2D eigenvalue weighted by atomic mass is 9.81. The lowest BCUT2D eigenvalue weighted by molar-refractivity contribution is 0.301. The Morgan fingerprint density at radius 1 is 1.31 bits per heavy atom. The van der Waals surface area contributed by atoms with Crippen LogP contribution >= 0.6 is 0 Å². The highest BCUT2D eigenvalue weighted by molar-refractivity contribution is 5.81. The van der Waals surface area contributed by atoms with Gasteiger partial charge in [-0.15, -0.1) is 0 Å². The molecular formula is C13H18N2O. The van der Waals surface area contributed by atoms with E-state index in [9.17, 15) is 0 Å². The quantitative estimate of drug-likeness (QED) is 0.831. The fourth-order valence-electron chi connectivity index (χ4n) is 1.79. The highest BCUT2D eigenvalue weighted by Crippen LogP contribution is 2.35. The molecule has 0 bridgehead atoms. The molecule has 86 valence electrons. The van der Waals surface area contributed by atoms with Crippen LogP contribution in [0, 0.1) is 5.41 Å². The standard InChI is InChI=1S/C13H18N2O/c1-13(2,8-14)12(15)10-7-16-11-6-4-3-5-9(10)11/h3-7,12H,8,14-15H2,1-2H3. The topological polar surface area (TPSA) is 65.2 Å². The molecule has 1 atom stereocenters. The smallest absolute Gasteiger partial charge is 0.134 e. The first-order valence-corrected chi connectivity index (χ1v) is 5.48. The van der Waals surface area contributed by atoms with E-state index in [2.05, 4.69) is 13.8 Å². The van der Waals surface area contributed by atoms with Gasteiger partial charge in [-0.3, -0.25) is 0 Å². The van der Waals surface area contributed by atoms with Gasteiger partial charge < -0.3 is 15.9 Å². The molecule has 1 unspecified atom stereocenters. The molecule has 0 spiro atoms. The van der Waals surface area contributed by atoms with Crippen LogP contribution in [-0.2, 0) is 0 Å². The zero-order chi connectivity index (χ0) is 11.8. The van der Waals surface area contributed by atoms with E-state index in [0.717, 1.165) is 16.5 Å². The summed E-state index contributed by atoms with van der Waals surface area (Å²) in [5, 5.41) is 1.08. The number of fused-ring (bicyclic) bond motifs is 1. The summed E-state index contributed by atoms with van der Waals surface area (Å²) in [6.45, 7) is 4.69. The largest absolute Gasteiger partial charge is 0.464 e. The van der Waals surface area contributed by atoms with Gasteiger partial charge in [0.2, 0.25) is 0 Å². The summed E-state index contributed by atoms with van der Waals surface area (Å²) >= 11 is 0. The van der Waals surface area contributed by atoms with Crippen molar-refractivity contribution in [2.24, 2.45) is 16.9 Å². The van der Waals surface area contributed by atoms with Crippen LogP contribution in [0.4, 0.5) is 0 Å². The Balaban J connectivity index is 2.48. The third kappa shape index (κ3) is 1.72. The number of benzene rings is 1. The molecule has 1 aromatic heterocycles. The minimum absolute atomic E-state index is 0.110. The molecule has 1 heterocycles. The van der Waals surface area contributed by atoms with Gasteiger partial charge in [0, 0.05) is 17.0 Å². The highest BCUT2D eigenvalue weighted by atomic mass is 16.3. The molecule has 16 heavy (non-hydrogen) atoms. The van der Waals surface area contributed by atoms with Gasteiger partial charge in [0.05, 0.1) is 6.26 Å². The van der Waals surface area contributed by atoms with Crippen LogP contribution < -0.4 is 11.5 Å². The maximum absolute atomic E-state index is 6.25. The number of hydrogen-bond donors (Lipinski definition) is 2. The lowest BCUT2D eigenvalue weighted by Gasteiger charge is -2.29. The molecule has 0 fully saturated rings. The molecule has 1 aromatic carbocycles. The van der Waals surface area contributed by atoms with Gasteiger partial charge in [-0.1, -0.05) is 32.0 Å². The first-order chi connectivity index (χ1) is 7.56. The number of rotatable bonds is 3. The Labute approximate surface area is 95.4 Å². The molecule has 3 heteroatoms. The molecule has 0 saturated heterocycles. The maximum Gasteiger partial charge on any atom is 0.134 e. The molecule has 0 aliphatic carbocycles. The molecule has 3 nitrogen and oxygen atoms in total. The van der Waals surface area contributed by atoms with Crippen LogP contribution in [0.25, 0.3) is 11.0 Å². The molecule has 0 aliphatic heterocycles. The van der Waals surface area contributed by atoms with Crippen molar-refractivity contribution >= 4 is 11.0 Å². The molecular weight excluding hydrogens is 200 g/mol. The van der Waals surface area contributed by atoms with Crippen molar-refractivity contribution in [3.63, 3.8) is 0 Å². The summed E-state index contributed by atoms with van der Waals surface area (Å²) in [6.07, 6.45) is 1.74. The van der Waals surface area contributed by atoms with Gasteiger partial charge in [-0.05, 0) is 18.0 Å². The van der Waals surface area contributed by atoms with Crippen molar-refractivity contribution in [1.29, 1.82) is 0 Å². The summed E-state index contributed by atoms with van der Waals surface area (Å²) in [5.74, 6) is 0. The Morgan fingerprint density at radius 2 is 2.00 bits per heavy atom. The van der Waals surface area contributed by atoms with Crippen LogP contribution in [0.1, 0.15) is 25.5 Å². The molecule has 4 N–H and O–H groups in total. The van der Waals surface area contributed by atoms with E-state index < -0.39 is 0 Å². The Kier molecular flexibility index (Phi) is 2.74. The van der Waals surface area contributed by atoms with Crippen LogP contribution in [0.5, 0.6) is 0 Å². The normalized spacial score (nSPS) is 14.2. The van der Waals surface area contributed by atoms with Crippen LogP contribution in [-0.4, -0.2) is 6.54 Å². The van der Waals surface area contributed by atoms with Gasteiger partial charge in [0.25, 0.3) is 0 Å². The SMILES string of the molecule is CC(C)(CN)C(N)c1coc2ccccc12. The molecule has 0 saturated carbocycles. The number of hydrogen-bond acceptors (Lipinski definition) is 3. The number of furan rings is 1. The van der Waals surface area contributed by atoms with E-state index in [4.69, 9.17) is 15.9 Å². The predicted molar refractivity (Wildman–Crippen MR) is 66.0 cm³/mol. The third-order valence-electron chi connectivity index (χ3n) is 3.21. The summed E-state index contributed by atoms with van der Waals surface area (Å²) < 4.78 is 5.49. The van der Waals surface area contributed by atoms with E-state index in [1.807, 2.05) is 24.3 Å². The summed E-state index contributed by atoms with van der Waals surface area (Å²) in [4.78, 5) is 0. The summed E-state index contributed by atoms with van der Waals surface area (Å²) in [5.41, 5.74) is 13.8. The second kappa shape index (κ2) is 3.92. The van der Waals surface area contributed by atoms with Crippen LogP contribution in [0.3, 0.4) is 0 Å². The lowest BCUT2D eigenvalue weighted by Crippen LogP contribution is -2.35. The van der Waals surface area contributed by atoms with Crippen molar-refractivity contribution in [3.05, 3.63) is 36.1 Å². The first-order valence-electron chi connectivity index (χ1n) is 5.48. The van der Waals surface area contributed by atoms with E-state index in [1.54, 1.807) is 6.26 Å². The van der Waals surface area contributed by atoms with Gasteiger partial charge in [-0.25, -0.2) is 0 Å². The zero-order valence-corrected chi connectivity index (χ0v) is 9.73. The van der Waals surface area contributed by atoms with Crippen molar-refractivity contribution in [1.82, 2.24) is 0 Å². The summed E-state index contributed by atoms with van der Waals surface area (Å²) in [6, 6.07) is 7.81. The van der Waals surface area contributed by atoms with Gasteiger partial charge in [-0.2, -0.15) is 0 Å². The fourth-order valence-corrected chi connectivity index (χ4v) is 1.79. The molecule has 0 radical (unpaired) electrons. The average Bonchev–Trinajstić information content (AvgIpc) is 2.71. The Bertz CT molecular complexity index is 487. The maximum atomic E-state index is 6.25. The third-order valence-corrected chi connectivity index (χ3v) is 3.21. The highest BCUT2D eigenvalue weighted by Gasteiger charge is 2.28. The fraction of sp³-hybridized carbons (Fsp3) is 0.385. The van der Waals surface area contributed by atoms with Gasteiger partial charge in [0.15, 0.2) is 0 Å². The predicted octanol–water partition coefficient (Wildman–Crippen LogP) is 2.42. The molecule has 0 amide bonds. The minimum Gasteiger partial charge on any atom is -0.464 e. The number of nitrogens with two attached hydrogens (primary N) is 2.